The van der Waals surface area contributed by atoms with E-state index >= 15 is 0 Å². The fraction of sp³-hybridized carbons (Fsp3) is 0.382. The molecule has 10 rings (SSSR count). The summed E-state index contributed by atoms with van der Waals surface area (Å²) in [5.74, 6) is 2.55. The molecule has 3 aromatic carbocycles. The smallest absolute Gasteiger partial charge is 0.224 e. The van der Waals surface area contributed by atoms with Gasteiger partial charge in [0.05, 0.1) is 27.3 Å². The molecule has 0 unspecified atom stereocenters. The van der Waals surface area contributed by atoms with Crippen LogP contribution in [0.25, 0.3) is 49.0 Å². The van der Waals surface area contributed by atoms with Crippen LogP contribution < -0.4 is 4.57 Å². The minimum Gasteiger partial charge on any atom is -0.307 e. The van der Waals surface area contributed by atoms with Gasteiger partial charge in [0.15, 0.2) is 6.20 Å². The van der Waals surface area contributed by atoms with Crippen LogP contribution in [0.4, 0.5) is 4.39 Å². The average Bonchev–Trinajstić information content (AvgIpc) is 3.17. The highest BCUT2D eigenvalue weighted by Gasteiger charge is 2.51. The number of aromatic nitrogens is 2. The van der Waals surface area contributed by atoms with Crippen LogP contribution in [0.3, 0.4) is 0 Å². The highest BCUT2D eigenvalue weighted by molar-refractivity contribution is 6.26. The van der Waals surface area contributed by atoms with Gasteiger partial charge in [0, 0.05) is 16.8 Å². The van der Waals surface area contributed by atoms with E-state index < -0.39 is 0 Å². The summed E-state index contributed by atoms with van der Waals surface area (Å²) in [7, 11) is 2.18. The summed E-state index contributed by atoms with van der Waals surface area (Å²) in [5, 5.41) is 6.31. The molecule has 0 atom stereocenters. The van der Waals surface area contributed by atoms with Crippen LogP contribution in [0.15, 0.2) is 48.7 Å². The Balaban J connectivity index is 1.51. The number of halogens is 1. The zero-order valence-corrected chi connectivity index (χ0v) is 21.9. The summed E-state index contributed by atoms with van der Waals surface area (Å²) in [4.78, 5) is 0. The van der Waals surface area contributed by atoms with Crippen molar-refractivity contribution >= 4 is 49.0 Å². The molecule has 0 radical (unpaired) electrons. The van der Waals surface area contributed by atoms with Gasteiger partial charge in [-0.05, 0) is 134 Å². The summed E-state index contributed by atoms with van der Waals surface area (Å²) < 4.78 is 19.5. The largest absolute Gasteiger partial charge is 0.307 e. The maximum Gasteiger partial charge on any atom is 0.224 e. The van der Waals surface area contributed by atoms with Crippen LogP contribution in [-0.2, 0) is 12.5 Å². The van der Waals surface area contributed by atoms with Crippen molar-refractivity contribution in [3.05, 3.63) is 71.2 Å². The van der Waals surface area contributed by atoms with Crippen LogP contribution in [-0.4, -0.2) is 4.40 Å². The highest BCUT2D eigenvalue weighted by atomic mass is 19.1. The quantitative estimate of drug-likeness (QED) is 0.126. The van der Waals surface area contributed by atoms with Gasteiger partial charge in [0.2, 0.25) is 5.52 Å². The Morgan fingerprint density at radius 1 is 0.838 bits per heavy atom. The van der Waals surface area contributed by atoms with E-state index in [-0.39, 0.29) is 5.82 Å². The van der Waals surface area contributed by atoms with Crippen molar-refractivity contribution < 1.29 is 8.96 Å². The fourth-order valence-electron chi connectivity index (χ4n) is 9.65. The molecule has 0 spiro atoms. The van der Waals surface area contributed by atoms with Crippen LogP contribution in [0.2, 0.25) is 0 Å². The van der Waals surface area contributed by atoms with Gasteiger partial charge in [-0.2, -0.15) is 0 Å². The Bertz CT molecular complexity index is 1920. The van der Waals surface area contributed by atoms with Crippen LogP contribution in [0, 0.1) is 37.4 Å². The molecule has 4 saturated carbocycles. The van der Waals surface area contributed by atoms with E-state index in [0.29, 0.717) is 5.41 Å². The first-order valence-electron chi connectivity index (χ1n) is 14.1. The zero-order chi connectivity index (χ0) is 24.8. The second kappa shape index (κ2) is 6.62. The molecule has 2 nitrogen and oxygen atoms in total. The standard InChI is InChI=1S/C34H32FN2/c1-18-8-27-26-5-4-25(35)14-28(26)37-29-13-24(34-15-20-9-21(16-34)11-22(10-20)17-34)12-23-6-7-36(3)33(31(23)29)30(19(18)2)32(27)37/h4-8,12-14,20-22H,9-11,15-17H2,1-3H3/q+1. The van der Waals surface area contributed by atoms with Gasteiger partial charge < -0.3 is 4.40 Å². The molecule has 4 aliphatic carbocycles. The molecule has 0 N–H and O–H groups in total. The van der Waals surface area contributed by atoms with Gasteiger partial charge in [-0.1, -0.05) is 0 Å². The van der Waals surface area contributed by atoms with Gasteiger partial charge in [-0.25, -0.2) is 8.96 Å². The summed E-state index contributed by atoms with van der Waals surface area (Å²) in [5.41, 5.74) is 9.22. The fourth-order valence-corrected chi connectivity index (χ4v) is 9.65. The third-order valence-electron chi connectivity index (χ3n) is 10.9. The monoisotopic (exact) mass is 487 g/mol. The first-order chi connectivity index (χ1) is 17.9. The first-order valence-corrected chi connectivity index (χ1v) is 14.1. The molecule has 0 aliphatic heterocycles. The Morgan fingerprint density at radius 3 is 2.30 bits per heavy atom. The number of fused-ring (bicyclic) bond motifs is 5. The summed E-state index contributed by atoms with van der Waals surface area (Å²) in [6.07, 6.45) is 10.7. The number of hydrogen-bond acceptors (Lipinski definition) is 0. The molecule has 0 amide bonds. The third-order valence-corrected chi connectivity index (χ3v) is 10.9. The Kier molecular flexibility index (Phi) is 3.72. The van der Waals surface area contributed by atoms with E-state index in [2.05, 4.69) is 60.3 Å². The lowest BCUT2D eigenvalue weighted by molar-refractivity contribution is -0.643. The summed E-state index contributed by atoms with van der Waals surface area (Å²) in [6.45, 7) is 4.46. The van der Waals surface area contributed by atoms with Crippen molar-refractivity contribution in [3.63, 3.8) is 0 Å². The molecule has 0 saturated heterocycles. The average molecular weight is 488 g/mol. The summed E-state index contributed by atoms with van der Waals surface area (Å²) >= 11 is 0. The van der Waals surface area contributed by atoms with Crippen molar-refractivity contribution in [2.24, 2.45) is 24.8 Å². The molecule has 4 bridgehead atoms. The molecular formula is C34H32FN2+. The van der Waals surface area contributed by atoms with Crippen LogP contribution >= 0.6 is 0 Å². The number of nitrogens with zero attached hydrogens (tertiary/aromatic N) is 2. The van der Waals surface area contributed by atoms with Crippen LogP contribution in [0.1, 0.15) is 55.2 Å². The predicted molar refractivity (Wildman–Crippen MR) is 149 cm³/mol. The SMILES string of the molecule is Cc1cc2c3ccc(F)cc3n3c4cc(C56CC7CC(CC(C7)C5)C6)cc5cc[n+](C)c(c(c1C)c23)c54. The first kappa shape index (κ1) is 20.8. The zero-order valence-electron chi connectivity index (χ0n) is 21.9. The number of rotatable bonds is 1. The topological polar surface area (TPSA) is 8.29 Å². The molecule has 4 aliphatic rings. The number of hydrogen-bond donors (Lipinski definition) is 0. The van der Waals surface area contributed by atoms with Gasteiger partial charge in [-0.15, -0.1) is 0 Å². The van der Waals surface area contributed by atoms with Gasteiger partial charge in [0.25, 0.3) is 0 Å². The van der Waals surface area contributed by atoms with Crippen molar-refractivity contribution in [2.45, 2.75) is 57.8 Å². The van der Waals surface area contributed by atoms with Crippen molar-refractivity contribution in [1.82, 2.24) is 4.40 Å². The van der Waals surface area contributed by atoms with Crippen molar-refractivity contribution in [3.8, 4) is 0 Å². The van der Waals surface area contributed by atoms with Crippen LogP contribution in [0.5, 0.6) is 0 Å². The summed E-state index contributed by atoms with van der Waals surface area (Å²) in [6, 6.07) is 15.0. The minimum absolute atomic E-state index is 0.167. The number of benzene rings is 3. The van der Waals surface area contributed by atoms with E-state index in [1.165, 1.54) is 93.3 Å². The molecule has 6 aromatic rings. The van der Waals surface area contributed by atoms with E-state index in [1.807, 2.05) is 6.07 Å². The van der Waals surface area contributed by atoms with Crippen molar-refractivity contribution in [1.29, 1.82) is 0 Å². The Morgan fingerprint density at radius 2 is 1.57 bits per heavy atom. The molecule has 3 heteroatoms. The lowest BCUT2D eigenvalue weighted by Crippen LogP contribution is -2.48. The maximum atomic E-state index is 14.8. The Hall–Kier alpha value is -3.20. The lowest BCUT2D eigenvalue weighted by Gasteiger charge is -2.57. The molecule has 37 heavy (non-hydrogen) atoms. The van der Waals surface area contributed by atoms with Gasteiger partial charge in [0.1, 0.15) is 12.9 Å². The molecule has 4 fully saturated rings. The van der Waals surface area contributed by atoms with Gasteiger partial charge in [-0.3, -0.25) is 0 Å². The molecule has 3 aromatic heterocycles. The van der Waals surface area contributed by atoms with E-state index in [0.717, 1.165) is 28.7 Å². The van der Waals surface area contributed by atoms with E-state index in [9.17, 15) is 4.39 Å². The normalized spacial score (nSPS) is 27.2. The molecule has 3 heterocycles. The highest BCUT2D eigenvalue weighted by Crippen LogP contribution is 2.61. The van der Waals surface area contributed by atoms with E-state index in [1.54, 1.807) is 12.1 Å². The number of aryl methyl sites for hydroxylation is 3. The van der Waals surface area contributed by atoms with Gasteiger partial charge >= 0.3 is 0 Å². The lowest BCUT2D eigenvalue weighted by atomic mass is 9.48. The van der Waals surface area contributed by atoms with Crippen molar-refractivity contribution in [2.75, 3.05) is 0 Å². The second-order valence-corrected chi connectivity index (χ2v) is 13.0. The molecule has 184 valence electrons. The van der Waals surface area contributed by atoms with E-state index in [4.69, 9.17) is 0 Å². The predicted octanol–water partition coefficient (Wildman–Crippen LogP) is 8.04. The minimum atomic E-state index is -0.167. The maximum absolute atomic E-state index is 14.8. The number of pyridine rings is 2. The third kappa shape index (κ3) is 2.49. The molecular weight excluding hydrogens is 455 g/mol. The Labute approximate surface area is 216 Å². The second-order valence-electron chi connectivity index (χ2n) is 13.0.